The fourth-order valence-electron chi connectivity index (χ4n) is 2.55. The zero-order chi connectivity index (χ0) is 17.4. The molecular formula is C19H23BrN2O2. The minimum Gasteiger partial charge on any atom is -0.496 e. The van der Waals surface area contributed by atoms with E-state index in [0.717, 1.165) is 39.9 Å². The number of ether oxygens (including phenoxy) is 1. The molecule has 0 fully saturated rings. The molecule has 2 N–H and O–H groups in total. The third kappa shape index (κ3) is 5.27. The summed E-state index contributed by atoms with van der Waals surface area (Å²) in [6, 6.07) is 13.6. The van der Waals surface area contributed by atoms with Gasteiger partial charge < -0.3 is 15.4 Å². The van der Waals surface area contributed by atoms with Crippen LogP contribution in [-0.4, -0.2) is 19.7 Å². The Bertz CT molecular complexity index is 689. The van der Waals surface area contributed by atoms with Crippen molar-refractivity contribution in [2.24, 2.45) is 0 Å². The van der Waals surface area contributed by atoms with Gasteiger partial charge in [-0.25, -0.2) is 4.79 Å². The number of benzene rings is 2. The van der Waals surface area contributed by atoms with Gasteiger partial charge in [0.25, 0.3) is 0 Å². The molecule has 0 radical (unpaired) electrons. The Balaban J connectivity index is 1.89. The third-order valence-electron chi connectivity index (χ3n) is 3.71. The number of hydrogen-bond acceptors (Lipinski definition) is 2. The van der Waals surface area contributed by atoms with E-state index in [1.165, 1.54) is 0 Å². The van der Waals surface area contributed by atoms with E-state index in [9.17, 15) is 4.79 Å². The molecule has 2 amide bonds. The van der Waals surface area contributed by atoms with E-state index in [1.807, 2.05) is 42.5 Å². The van der Waals surface area contributed by atoms with Crippen LogP contribution in [0.3, 0.4) is 0 Å². The summed E-state index contributed by atoms with van der Waals surface area (Å²) in [7, 11) is 1.65. The first-order valence-electron chi connectivity index (χ1n) is 8.09. The van der Waals surface area contributed by atoms with Crippen molar-refractivity contribution in [1.82, 2.24) is 5.32 Å². The largest absolute Gasteiger partial charge is 0.496 e. The number of urea groups is 1. The van der Waals surface area contributed by atoms with Gasteiger partial charge in [-0.05, 0) is 48.2 Å². The Morgan fingerprint density at radius 3 is 2.67 bits per heavy atom. The first-order chi connectivity index (χ1) is 11.6. The van der Waals surface area contributed by atoms with Crippen LogP contribution in [-0.2, 0) is 12.8 Å². The number of carbonyl (C=O) groups is 1. The Hall–Kier alpha value is -2.01. The predicted octanol–water partition coefficient (Wildman–Crippen LogP) is 4.77. The summed E-state index contributed by atoms with van der Waals surface area (Å²) in [6.07, 6.45) is 2.70. The van der Waals surface area contributed by atoms with Crippen LogP contribution in [0.5, 0.6) is 5.75 Å². The average Bonchev–Trinajstić information content (AvgIpc) is 2.57. The first kappa shape index (κ1) is 18.3. The molecule has 0 aromatic heterocycles. The van der Waals surface area contributed by atoms with Crippen LogP contribution in [0.1, 0.15) is 24.5 Å². The molecule has 0 aliphatic rings. The summed E-state index contributed by atoms with van der Waals surface area (Å²) in [5.41, 5.74) is 3.08. The van der Waals surface area contributed by atoms with Crippen molar-refractivity contribution >= 4 is 27.6 Å². The lowest BCUT2D eigenvalue weighted by atomic mass is 10.1. The number of rotatable bonds is 7. The highest BCUT2D eigenvalue weighted by atomic mass is 79.9. The number of para-hydroxylation sites is 1. The minimum atomic E-state index is -0.187. The molecule has 24 heavy (non-hydrogen) atoms. The van der Waals surface area contributed by atoms with Gasteiger partial charge in [0.15, 0.2) is 0 Å². The zero-order valence-corrected chi connectivity index (χ0v) is 15.7. The molecule has 0 spiro atoms. The summed E-state index contributed by atoms with van der Waals surface area (Å²) in [6.45, 7) is 2.66. The maximum atomic E-state index is 12.1. The molecular weight excluding hydrogens is 368 g/mol. The smallest absolute Gasteiger partial charge is 0.319 e. The molecule has 2 rings (SSSR count). The molecule has 2 aromatic rings. The number of anilines is 1. The Kier molecular flexibility index (Phi) is 7.12. The van der Waals surface area contributed by atoms with Crippen LogP contribution in [0, 0.1) is 0 Å². The van der Waals surface area contributed by atoms with E-state index in [0.29, 0.717) is 13.0 Å². The van der Waals surface area contributed by atoms with Crippen molar-refractivity contribution in [3.05, 3.63) is 58.1 Å². The zero-order valence-electron chi connectivity index (χ0n) is 14.1. The van der Waals surface area contributed by atoms with Crippen LogP contribution in [0.2, 0.25) is 0 Å². The number of methoxy groups -OCH3 is 1. The predicted molar refractivity (Wildman–Crippen MR) is 102 cm³/mol. The highest BCUT2D eigenvalue weighted by Crippen LogP contribution is 2.23. The van der Waals surface area contributed by atoms with Crippen molar-refractivity contribution in [2.45, 2.75) is 26.2 Å². The Morgan fingerprint density at radius 1 is 1.12 bits per heavy atom. The average molecular weight is 391 g/mol. The second-order valence-electron chi connectivity index (χ2n) is 5.49. The van der Waals surface area contributed by atoms with E-state index in [-0.39, 0.29) is 6.03 Å². The van der Waals surface area contributed by atoms with E-state index in [4.69, 9.17) is 4.74 Å². The normalized spacial score (nSPS) is 10.3. The van der Waals surface area contributed by atoms with Gasteiger partial charge in [0.2, 0.25) is 0 Å². The van der Waals surface area contributed by atoms with Gasteiger partial charge in [-0.2, -0.15) is 0 Å². The second kappa shape index (κ2) is 9.33. The quantitative estimate of drug-likeness (QED) is 0.714. The lowest BCUT2D eigenvalue weighted by Gasteiger charge is -2.12. The van der Waals surface area contributed by atoms with Gasteiger partial charge in [-0.1, -0.05) is 47.5 Å². The van der Waals surface area contributed by atoms with Crippen LogP contribution < -0.4 is 15.4 Å². The van der Waals surface area contributed by atoms with Gasteiger partial charge >= 0.3 is 6.03 Å². The van der Waals surface area contributed by atoms with Gasteiger partial charge in [0.05, 0.1) is 7.11 Å². The summed E-state index contributed by atoms with van der Waals surface area (Å²) < 4.78 is 6.34. The molecule has 5 heteroatoms. The number of nitrogens with one attached hydrogen (secondary N) is 2. The molecule has 0 bridgehead atoms. The van der Waals surface area contributed by atoms with Gasteiger partial charge in [0.1, 0.15) is 5.75 Å². The van der Waals surface area contributed by atoms with E-state index in [2.05, 4.69) is 33.5 Å². The lowest BCUT2D eigenvalue weighted by molar-refractivity contribution is 0.252. The first-order valence-corrected chi connectivity index (χ1v) is 8.88. The van der Waals surface area contributed by atoms with Crippen LogP contribution in [0.15, 0.2) is 46.9 Å². The fourth-order valence-corrected chi connectivity index (χ4v) is 2.96. The van der Waals surface area contributed by atoms with Crippen molar-refractivity contribution in [3.63, 3.8) is 0 Å². The molecule has 0 heterocycles. The van der Waals surface area contributed by atoms with E-state index in [1.54, 1.807) is 7.11 Å². The van der Waals surface area contributed by atoms with E-state index >= 15 is 0 Å². The number of aryl methyl sites for hydroxylation is 1. The summed E-state index contributed by atoms with van der Waals surface area (Å²) in [4.78, 5) is 12.1. The van der Waals surface area contributed by atoms with Crippen molar-refractivity contribution in [2.75, 3.05) is 19.0 Å². The summed E-state index contributed by atoms with van der Waals surface area (Å²) >= 11 is 3.46. The third-order valence-corrected chi connectivity index (χ3v) is 4.20. The van der Waals surface area contributed by atoms with E-state index < -0.39 is 0 Å². The summed E-state index contributed by atoms with van der Waals surface area (Å²) in [5.74, 6) is 0.827. The topological polar surface area (TPSA) is 50.4 Å². The van der Waals surface area contributed by atoms with Crippen LogP contribution >= 0.6 is 15.9 Å². The molecule has 0 aliphatic carbocycles. The Labute approximate surface area is 151 Å². The van der Waals surface area contributed by atoms with Crippen molar-refractivity contribution in [1.29, 1.82) is 0 Å². The standard InChI is InChI=1S/C19H23BrN2O2/c1-3-6-14-7-4-5-8-17(14)22-19(23)21-12-11-15-13-16(20)9-10-18(15)24-2/h4-5,7-10,13H,3,6,11-12H2,1-2H3,(H2,21,22,23). The number of halogens is 1. The SMILES string of the molecule is CCCc1ccccc1NC(=O)NCCc1cc(Br)ccc1OC. The summed E-state index contributed by atoms with van der Waals surface area (Å²) in [5, 5.41) is 5.83. The van der Waals surface area contributed by atoms with Crippen LogP contribution in [0.25, 0.3) is 0 Å². The van der Waals surface area contributed by atoms with Crippen molar-refractivity contribution < 1.29 is 9.53 Å². The molecule has 0 atom stereocenters. The van der Waals surface area contributed by atoms with Crippen molar-refractivity contribution in [3.8, 4) is 5.75 Å². The lowest BCUT2D eigenvalue weighted by Crippen LogP contribution is -2.30. The minimum absolute atomic E-state index is 0.187. The Morgan fingerprint density at radius 2 is 1.92 bits per heavy atom. The van der Waals surface area contributed by atoms with Gasteiger partial charge in [0, 0.05) is 16.7 Å². The molecule has 0 aliphatic heterocycles. The maximum absolute atomic E-state index is 12.1. The molecule has 4 nitrogen and oxygen atoms in total. The monoisotopic (exact) mass is 390 g/mol. The number of hydrogen-bond donors (Lipinski definition) is 2. The fraction of sp³-hybridized carbons (Fsp3) is 0.316. The molecule has 0 saturated heterocycles. The van der Waals surface area contributed by atoms with Crippen LogP contribution in [0.4, 0.5) is 10.5 Å². The molecule has 0 unspecified atom stereocenters. The number of carbonyl (C=O) groups excluding carboxylic acids is 1. The van der Waals surface area contributed by atoms with Gasteiger partial charge in [-0.15, -0.1) is 0 Å². The second-order valence-corrected chi connectivity index (χ2v) is 6.41. The molecule has 2 aromatic carbocycles. The van der Waals surface area contributed by atoms with Gasteiger partial charge in [-0.3, -0.25) is 0 Å². The molecule has 128 valence electrons. The molecule has 0 saturated carbocycles. The highest BCUT2D eigenvalue weighted by molar-refractivity contribution is 9.10. The number of amides is 2. The maximum Gasteiger partial charge on any atom is 0.319 e. The highest BCUT2D eigenvalue weighted by Gasteiger charge is 2.07.